The summed E-state index contributed by atoms with van der Waals surface area (Å²) in [5.41, 5.74) is 0.646. The van der Waals surface area contributed by atoms with Gasteiger partial charge in [-0.2, -0.15) is 0 Å². The van der Waals surface area contributed by atoms with Gasteiger partial charge >= 0.3 is 0 Å². The number of ether oxygens (including phenoxy) is 2. The molecule has 0 saturated carbocycles. The van der Waals surface area contributed by atoms with Crippen molar-refractivity contribution in [2.75, 3.05) is 19.8 Å². The van der Waals surface area contributed by atoms with Crippen molar-refractivity contribution in [3.05, 3.63) is 29.6 Å². The van der Waals surface area contributed by atoms with E-state index in [4.69, 9.17) is 14.6 Å². The van der Waals surface area contributed by atoms with Crippen LogP contribution in [0.2, 0.25) is 0 Å². The van der Waals surface area contributed by atoms with Crippen LogP contribution in [-0.2, 0) is 4.74 Å². The predicted octanol–water partition coefficient (Wildman–Crippen LogP) is 2.51. The summed E-state index contributed by atoms with van der Waals surface area (Å²) in [5, 5.41) is 8.71. The molecule has 3 nitrogen and oxygen atoms in total. The van der Waals surface area contributed by atoms with Crippen molar-refractivity contribution >= 4 is 0 Å². The standard InChI is InChI=1S/C16H19FO3/c17-14-7-6-13(4-1-2-9-18)16(12-14)20-11-8-15-5-3-10-19-15/h6-7,12,15,18H,2-3,5,8-11H2. The largest absolute Gasteiger partial charge is 0.492 e. The third-order valence-electron chi connectivity index (χ3n) is 3.12. The highest BCUT2D eigenvalue weighted by Crippen LogP contribution is 2.21. The number of hydrogen-bond donors (Lipinski definition) is 1. The lowest BCUT2D eigenvalue weighted by atomic mass is 10.2. The van der Waals surface area contributed by atoms with Crippen LogP contribution in [0.15, 0.2) is 18.2 Å². The molecular weight excluding hydrogens is 259 g/mol. The molecule has 1 atom stereocenters. The Morgan fingerprint density at radius 1 is 1.45 bits per heavy atom. The zero-order valence-electron chi connectivity index (χ0n) is 11.4. The summed E-state index contributed by atoms with van der Waals surface area (Å²) < 4.78 is 24.4. The Hall–Kier alpha value is -1.57. The van der Waals surface area contributed by atoms with E-state index < -0.39 is 0 Å². The van der Waals surface area contributed by atoms with Crippen LogP contribution in [-0.4, -0.2) is 31.0 Å². The molecule has 1 aromatic rings. The minimum Gasteiger partial charge on any atom is -0.492 e. The number of rotatable bonds is 5. The quantitative estimate of drug-likeness (QED) is 0.841. The second-order valence-corrected chi connectivity index (χ2v) is 4.69. The van der Waals surface area contributed by atoms with Gasteiger partial charge in [-0.3, -0.25) is 0 Å². The fraction of sp³-hybridized carbons (Fsp3) is 0.500. The van der Waals surface area contributed by atoms with Crippen molar-refractivity contribution in [2.45, 2.75) is 31.8 Å². The van der Waals surface area contributed by atoms with Crippen molar-refractivity contribution in [1.82, 2.24) is 0 Å². The van der Waals surface area contributed by atoms with Gasteiger partial charge in [-0.25, -0.2) is 4.39 Å². The molecule has 1 fully saturated rings. The van der Waals surface area contributed by atoms with E-state index in [2.05, 4.69) is 11.8 Å². The molecule has 0 bridgehead atoms. The average Bonchev–Trinajstić information content (AvgIpc) is 2.94. The maximum Gasteiger partial charge on any atom is 0.137 e. The monoisotopic (exact) mass is 278 g/mol. The van der Waals surface area contributed by atoms with Gasteiger partial charge in [0.05, 0.1) is 24.9 Å². The van der Waals surface area contributed by atoms with Crippen LogP contribution >= 0.6 is 0 Å². The second kappa shape index (κ2) is 7.88. The number of halogens is 1. The fourth-order valence-electron chi connectivity index (χ4n) is 2.10. The van der Waals surface area contributed by atoms with Gasteiger partial charge in [0.25, 0.3) is 0 Å². The van der Waals surface area contributed by atoms with E-state index in [1.807, 2.05) is 0 Å². The van der Waals surface area contributed by atoms with Gasteiger partial charge in [-0.05, 0) is 25.0 Å². The van der Waals surface area contributed by atoms with Crippen molar-refractivity contribution in [2.24, 2.45) is 0 Å². The first-order valence-electron chi connectivity index (χ1n) is 6.93. The lowest BCUT2D eigenvalue weighted by Gasteiger charge is -2.11. The van der Waals surface area contributed by atoms with Crippen LogP contribution < -0.4 is 4.74 Å². The molecule has 1 heterocycles. The molecule has 2 rings (SSSR count). The van der Waals surface area contributed by atoms with Gasteiger partial charge in [-0.1, -0.05) is 11.8 Å². The van der Waals surface area contributed by atoms with Crippen LogP contribution in [0.25, 0.3) is 0 Å². The van der Waals surface area contributed by atoms with Crippen LogP contribution in [0, 0.1) is 17.7 Å². The summed E-state index contributed by atoms with van der Waals surface area (Å²) >= 11 is 0. The number of hydrogen-bond acceptors (Lipinski definition) is 3. The first kappa shape index (κ1) is 14.8. The van der Waals surface area contributed by atoms with Gasteiger partial charge < -0.3 is 14.6 Å². The summed E-state index contributed by atoms with van der Waals surface area (Å²) in [4.78, 5) is 0. The second-order valence-electron chi connectivity index (χ2n) is 4.69. The zero-order valence-corrected chi connectivity index (χ0v) is 11.4. The molecule has 1 saturated heterocycles. The normalized spacial score (nSPS) is 17.6. The van der Waals surface area contributed by atoms with Crippen molar-refractivity contribution < 1.29 is 19.0 Å². The predicted molar refractivity (Wildman–Crippen MR) is 74.1 cm³/mol. The summed E-state index contributed by atoms with van der Waals surface area (Å²) in [5.74, 6) is 5.81. The van der Waals surface area contributed by atoms with Gasteiger partial charge in [0, 0.05) is 25.5 Å². The van der Waals surface area contributed by atoms with E-state index in [1.165, 1.54) is 12.1 Å². The molecule has 20 heavy (non-hydrogen) atoms. The van der Waals surface area contributed by atoms with Gasteiger partial charge in [0.15, 0.2) is 0 Å². The van der Waals surface area contributed by atoms with Crippen molar-refractivity contribution in [3.8, 4) is 17.6 Å². The SMILES string of the molecule is OCCC#Cc1ccc(F)cc1OCCC1CCCO1. The molecule has 108 valence electrons. The smallest absolute Gasteiger partial charge is 0.137 e. The molecule has 1 aliphatic rings. The highest BCUT2D eigenvalue weighted by molar-refractivity contribution is 5.46. The van der Waals surface area contributed by atoms with Crippen molar-refractivity contribution in [3.63, 3.8) is 0 Å². The summed E-state index contributed by atoms with van der Waals surface area (Å²) in [7, 11) is 0. The van der Waals surface area contributed by atoms with Crippen LogP contribution in [0.5, 0.6) is 5.75 Å². The maximum atomic E-state index is 13.3. The van der Waals surface area contributed by atoms with E-state index in [1.54, 1.807) is 6.07 Å². The molecule has 1 aromatic carbocycles. The fourth-order valence-corrected chi connectivity index (χ4v) is 2.10. The topological polar surface area (TPSA) is 38.7 Å². The van der Waals surface area contributed by atoms with E-state index in [0.29, 0.717) is 24.3 Å². The minimum absolute atomic E-state index is 0.0173. The Bertz CT molecular complexity index is 484. The summed E-state index contributed by atoms with van der Waals surface area (Å²) in [6, 6.07) is 4.30. The molecule has 0 aromatic heterocycles. The van der Waals surface area contributed by atoms with Gasteiger partial charge in [0.2, 0.25) is 0 Å². The highest BCUT2D eigenvalue weighted by Gasteiger charge is 2.15. The molecular formula is C16H19FO3. The van der Waals surface area contributed by atoms with E-state index in [-0.39, 0.29) is 18.5 Å². The van der Waals surface area contributed by atoms with Crippen LogP contribution in [0.3, 0.4) is 0 Å². The Balaban J connectivity index is 1.94. The lowest BCUT2D eigenvalue weighted by molar-refractivity contribution is 0.0903. The molecule has 1 unspecified atom stereocenters. The Labute approximate surface area is 118 Å². The maximum absolute atomic E-state index is 13.3. The third kappa shape index (κ3) is 4.52. The van der Waals surface area contributed by atoms with E-state index in [9.17, 15) is 4.39 Å². The molecule has 1 N–H and O–H groups in total. The lowest BCUT2D eigenvalue weighted by Crippen LogP contribution is -2.11. The zero-order chi connectivity index (χ0) is 14.2. The Morgan fingerprint density at radius 2 is 2.35 bits per heavy atom. The third-order valence-corrected chi connectivity index (χ3v) is 3.12. The van der Waals surface area contributed by atoms with Crippen LogP contribution in [0.1, 0.15) is 31.2 Å². The molecule has 0 spiro atoms. The minimum atomic E-state index is -0.343. The van der Waals surface area contributed by atoms with E-state index in [0.717, 1.165) is 25.9 Å². The first-order chi connectivity index (χ1) is 9.79. The molecule has 0 aliphatic carbocycles. The molecule has 0 radical (unpaired) electrons. The van der Waals surface area contributed by atoms with Gasteiger partial charge in [-0.15, -0.1) is 0 Å². The highest BCUT2D eigenvalue weighted by atomic mass is 19.1. The Kier molecular flexibility index (Phi) is 5.85. The first-order valence-corrected chi connectivity index (χ1v) is 6.93. The number of benzene rings is 1. The molecule has 1 aliphatic heterocycles. The summed E-state index contributed by atoms with van der Waals surface area (Å²) in [6.45, 7) is 1.33. The van der Waals surface area contributed by atoms with Crippen molar-refractivity contribution in [1.29, 1.82) is 0 Å². The molecule has 4 heteroatoms. The van der Waals surface area contributed by atoms with Crippen LogP contribution in [0.4, 0.5) is 4.39 Å². The molecule has 0 amide bonds. The van der Waals surface area contributed by atoms with Gasteiger partial charge in [0.1, 0.15) is 11.6 Å². The average molecular weight is 278 g/mol. The Morgan fingerprint density at radius 3 is 3.10 bits per heavy atom. The van der Waals surface area contributed by atoms with E-state index >= 15 is 0 Å². The number of aliphatic hydroxyl groups is 1. The number of aliphatic hydroxyl groups excluding tert-OH is 1. The summed E-state index contributed by atoms with van der Waals surface area (Å²) in [6.07, 6.45) is 3.62.